The zero-order chi connectivity index (χ0) is 14.7. The Morgan fingerprint density at radius 3 is 2.48 bits per heavy atom. The maximum atomic E-state index is 6.27. The van der Waals surface area contributed by atoms with Gasteiger partial charge in [0, 0.05) is 39.3 Å². The second-order valence-electron chi connectivity index (χ2n) is 4.94. The van der Waals surface area contributed by atoms with E-state index in [-0.39, 0.29) is 0 Å². The van der Waals surface area contributed by atoms with Gasteiger partial charge in [-0.05, 0) is 12.1 Å². The zero-order valence-corrected chi connectivity index (χ0v) is 12.7. The summed E-state index contributed by atoms with van der Waals surface area (Å²) in [7, 11) is 1.86. The Labute approximate surface area is 129 Å². The number of halogens is 1. The molecule has 1 aliphatic rings. The van der Waals surface area contributed by atoms with E-state index < -0.39 is 0 Å². The van der Waals surface area contributed by atoms with Gasteiger partial charge in [-0.15, -0.1) is 0 Å². The number of rotatable bonds is 3. The average Bonchev–Trinajstić information content (AvgIpc) is 2.56. The molecular weight excluding hydrogens is 286 g/mol. The highest BCUT2D eigenvalue weighted by Gasteiger charge is 2.19. The molecule has 0 radical (unpaired) electrons. The second kappa shape index (κ2) is 6.18. The Kier molecular flexibility index (Phi) is 4.10. The minimum absolute atomic E-state index is 0.811. The third kappa shape index (κ3) is 3.03. The van der Waals surface area contributed by atoms with Crippen LogP contribution in [0.2, 0.25) is 5.02 Å². The van der Waals surface area contributed by atoms with Crippen molar-refractivity contribution in [2.45, 2.75) is 0 Å². The highest BCUT2D eigenvalue weighted by molar-refractivity contribution is 6.33. The fourth-order valence-corrected chi connectivity index (χ4v) is 2.80. The zero-order valence-electron chi connectivity index (χ0n) is 12.0. The lowest BCUT2D eigenvalue weighted by atomic mass is 10.2. The molecule has 0 bridgehead atoms. The Morgan fingerprint density at radius 1 is 1.05 bits per heavy atom. The number of nitrogens with one attached hydrogen (secondary N) is 1. The first-order valence-electron chi connectivity index (χ1n) is 7.02. The van der Waals surface area contributed by atoms with Crippen LogP contribution in [0.3, 0.4) is 0 Å². The van der Waals surface area contributed by atoms with Crippen molar-refractivity contribution < 1.29 is 0 Å². The van der Waals surface area contributed by atoms with Gasteiger partial charge in [-0.1, -0.05) is 23.7 Å². The van der Waals surface area contributed by atoms with Crippen LogP contribution in [0.15, 0.2) is 36.7 Å². The van der Waals surface area contributed by atoms with Gasteiger partial charge in [0.2, 0.25) is 0 Å². The van der Waals surface area contributed by atoms with Crippen LogP contribution in [0.1, 0.15) is 0 Å². The predicted octanol–water partition coefficient (Wildman–Crippen LogP) is 2.50. The quantitative estimate of drug-likeness (QED) is 0.944. The van der Waals surface area contributed by atoms with Crippen molar-refractivity contribution in [3.8, 4) is 0 Å². The predicted molar refractivity (Wildman–Crippen MR) is 87.5 cm³/mol. The van der Waals surface area contributed by atoms with E-state index in [1.807, 2.05) is 31.3 Å². The molecule has 3 rings (SSSR count). The molecule has 2 heterocycles. The van der Waals surface area contributed by atoms with Crippen LogP contribution in [0.5, 0.6) is 0 Å². The van der Waals surface area contributed by atoms with Crippen LogP contribution < -0.4 is 15.1 Å². The molecule has 0 atom stereocenters. The van der Waals surface area contributed by atoms with Crippen LogP contribution >= 0.6 is 11.6 Å². The molecular formula is C15H18ClN5. The second-order valence-corrected chi connectivity index (χ2v) is 5.34. The summed E-state index contributed by atoms with van der Waals surface area (Å²) in [4.78, 5) is 13.1. The fourth-order valence-electron chi connectivity index (χ4n) is 2.54. The summed E-state index contributed by atoms with van der Waals surface area (Å²) in [6.45, 7) is 3.71. The number of nitrogens with zero attached hydrogens (tertiary/aromatic N) is 4. The van der Waals surface area contributed by atoms with Crippen molar-refractivity contribution in [3.05, 3.63) is 41.7 Å². The van der Waals surface area contributed by atoms with E-state index in [0.29, 0.717) is 0 Å². The summed E-state index contributed by atoms with van der Waals surface area (Å²) < 4.78 is 0. The van der Waals surface area contributed by atoms with E-state index in [9.17, 15) is 0 Å². The molecule has 0 unspecified atom stereocenters. The Morgan fingerprint density at radius 2 is 1.76 bits per heavy atom. The summed E-state index contributed by atoms with van der Waals surface area (Å²) in [6, 6.07) is 9.97. The molecule has 2 aromatic rings. The Hall–Kier alpha value is -2.01. The molecule has 0 amide bonds. The molecule has 1 N–H and O–H groups in total. The number of aromatic nitrogens is 2. The fraction of sp³-hybridized carbons (Fsp3) is 0.333. The minimum atomic E-state index is 0.811. The molecule has 1 aromatic carbocycles. The molecule has 6 heteroatoms. The minimum Gasteiger partial charge on any atom is -0.373 e. The van der Waals surface area contributed by atoms with Crippen LogP contribution in [-0.4, -0.2) is 43.2 Å². The lowest BCUT2D eigenvalue weighted by Gasteiger charge is -2.37. The number of para-hydroxylation sites is 1. The topological polar surface area (TPSA) is 44.3 Å². The first-order valence-corrected chi connectivity index (χ1v) is 7.40. The van der Waals surface area contributed by atoms with Crippen molar-refractivity contribution in [2.75, 3.05) is 48.3 Å². The number of hydrogen-bond donors (Lipinski definition) is 1. The molecule has 0 aliphatic carbocycles. The van der Waals surface area contributed by atoms with Crippen molar-refractivity contribution in [1.29, 1.82) is 0 Å². The van der Waals surface area contributed by atoms with E-state index >= 15 is 0 Å². The van der Waals surface area contributed by atoms with Crippen LogP contribution in [-0.2, 0) is 0 Å². The SMILES string of the molecule is CNc1cc(N2CCN(c3ccccc3Cl)CC2)ncn1. The number of piperazine rings is 1. The molecule has 5 nitrogen and oxygen atoms in total. The molecule has 1 aromatic heterocycles. The monoisotopic (exact) mass is 303 g/mol. The van der Waals surface area contributed by atoms with E-state index in [4.69, 9.17) is 11.6 Å². The molecule has 1 aliphatic heterocycles. The summed E-state index contributed by atoms with van der Waals surface area (Å²) in [5.41, 5.74) is 1.11. The first kappa shape index (κ1) is 13.9. The molecule has 21 heavy (non-hydrogen) atoms. The van der Waals surface area contributed by atoms with Gasteiger partial charge in [0.25, 0.3) is 0 Å². The highest BCUT2D eigenvalue weighted by Crippen LogP contribution is 2.26. The first-order chi connectivity index (χ1) is 10.3. The van der Waals surface area contributed by atoms with E-state index in [0.717, 1.165) is 48.5 Å². The van der Waals surface area contributed by atoms with Gasteiger partial charge < -0.3 is 15.1 Å². The Bertz CT molecular complexity index is 611. The van der Waals surface area contributed by atoms with Gasteiger partial charge >= 0.3 is 0 Å². The summed E-state index contributed by atoms with van der Waals surface area (Å²) >= 11 is 6.27. The van der Waals surface area contributed by atoms with E-state index in [1.54, 1.807) is 6.33 Å². The highest BCUT2D eigenvalue weighted by atomic mass is 35.5. The van der Waals surface area contributed by atoms with Gasteiger partial charge in [-0.25, -0.2) is 9.97 Å². The smallest absolute Gasteiger partial charge is 0.134 e. The van der Waals surface area contributed by atoms with Gasteiger partial charge in [-0.3, -0.25) is 0 Å². The van der Waals surface area contributed by atoms with Crippen LogP contribution in [0.4, 0.5) is 17.3 Å². The normalized spacial score (nSPS) is 15.1. The van der Waals surface area contributed by atoms with E-state index in [1.165, 1.54) is 0 Å². The third-order valence-corrected chi connectivity index (χ3v) is 4.03. The van der Waals surface area contributed by atoms with Gasteiger partial charge in [-0.2, -0.15) is 0 Å². The number of benzene rings is 1. The number of anilines is 3. The van der Waals surface area contributed by atoms with E-state index in [2.05, 4.69) is 31.2 Å². The summed E-state index contributed by atoms with van der Waals surface area (Å²) in [6.07, 6.45) is 1.60. The molecule has 1 fully saturated rings. The molecule has 0 spiro atoms. The van der Waals surface area contributed by atoms with Crippen molar-refractivity contribution >= 4 is 28.9 Å². The third-order valence-electron chi connectivity index (χ3n) is 3.71. The number of hydrogen-bond acceptors (Lipinski definition) is 5. The van der Waals surface area contributed by atoms with Gasteiger partial charge in [0.05, 0.1) is 10.7 Å². The summed E-state index contributed by atoms with van der Waals surface area (Å²) in [5.74, 6) is 1.81. The average molecular weight is 304 g/mol. The molecule has 1 saturated heterocycles. The lowest BCUT2D eigenvalue weighted by Crippen LogP contribution is -2.47. The standard InChI is InChI=1S/C15H18ClN5/c1-17-14-10-15(19-11-18-14)21-8-6-20(7-9-21)13-5-3-2-4-12(13)16/h2-5,10-11H,6-9H2,1H3,(H,17,18,19). The lowest BCUT2D eigenvalue weighted by molar-refractivity contribution is 0.647. The van der Waals surface area contributed by atoms with Crippen molar-refractivity contribution in [3.63, 3.8) is 0 Å². The summed E-state index contributed by atoms with van der Waals surface area (Å²) in [5, 5.41) is 3.85. The van der Waals surface area contributed by atoms with Crippen molar-refractivity contribution in [2.24, 2.45) is 0 Å². The van der Waals surface area contributed by atoms with Crippen molar-refractivity contribution in [1.82, 2.24) is 9.97 Å². The molecule has 110 valence electrons. The Balaban J connectivity index is 1.69. The molecule has 0 saturated carbocycles. The maximum Gasteiger partial charge on any atom is 0.134 e. The van der Waals surface area contributed by atoms with Gasteiger partial charge in [0.1, 0.15) is 18.0 Å². The maximum absolute atomic E-state index is 6.27. The van der Waals surface area contributed by atoms with Crippen LogP contribution in [0.25, 0.3) is 0 Å². The van der Waals surface area contributed by atoms with Crippen LogP contribution in [0, 0.1) is 0 Å². The largest absolute Gasteiger partial charge is 0.373 e. The van der Waals surface area contributed by atoms with Gasteiger partial charge in [0.15, 0.2) is 0 Å².